The molecule has 0 aliphatic carbocycles. The zero-order valence-corrected chi connectivity index (χ0v) is 8.24. The monoisotopic (exact) mass is 258 g/mol. The zero-order chi connectivity index (χ0) is 7.84. The Morgan fingerprint density at radius 1 is 1.55 bits per heavy atom. The topological polar surface area (TPSA) is 17.8 Å². The van der Waals surface area contributed by atoms with E-state index in [1.54, 1.807) is 0 Å². The molecule has 2 heterocycles. The highest BCUT2D eigenvalue weighted by molar-refractivity contribution is 14.1. The van der Waals surface area contributed by atoms with Crippen molar-refractivity contribution in [1.29, 1.82) is 0 Å². The molecule has 2 nitrogen and oxygen atoms in total. The Kier molecular flexibility index (Phi) is 1.60. The smallest absolute Gasteiger partial charge is 0.0807 e. The van der Waals surface area contributed by atoms with Gasteiger partial charge >= 0.3 is 0 Å². The molecule has 3 heteroatoms. The largest absolute Gasteiger partial charge is 0.338 e. The van der Waals surface area contributed by atoms with E-state index in [9.17, 15) is 0 Å². The maximum absolute atomic E-state index is 4.06. The minimum absolute atomic E-state index is 1.19. The molecule has 0 aromatic carbocycles. The molecule has 2 aromatic rings. The van der Waals surface area contributed by atoms with Gasteiger partial charge in [0.15, 0.2) is 0 Å². The molecule has 56 valence electrons. The van der Waals surface area contributed by atoms with E-state index in [1.807, 2.05) is 25.5 Å². The van der Waals surface area contributed by atoms with Gasteiger partial charge in [0.05, 0.1) is 15.4 Å². The zero-order valence-electron chi connectivity index (χ0n) is 6.08. The molecule has 0 bridgehead atoms. The van der Waals surface area contributed by atoms with E-state index in [-0.39, 0.29) is 0 Å². The first-order valence-electron chi connectivity index (χ1n) is 3.34. The van der Waals surface area contributed by atoms with E-state index in [2.05, 4.69) is 38.2 Å². The van der Waals surface area contributed by atoms with Crippen LogP contribution < -0.4 is 0 Å². The molecule has 0 unspecified atom stereocenters. The summed E-state index contributed by atoms with van der Waals surface area (Å²) < 4.78 is 3.37. The summed E-state index contributed by atoms with van der Waals surface area (Å²) in [4.78, 5) is 4.06. The first kappa shape index (κ1) is 7.09. The van der Waals surface area contributed by atoms with Crippen molar-refractivity contribution < 1.29 is 0 Å². The summed E-state index contributed by atoms with van der Waals surface area (Å²) in [6, 6.07) is 4.18. The normalized spacial score (nSPS) is 10.7. The number of hydrogen-bond donors (Lipinski definition) is 0. The Morgan fingerprint density at radius 3 is 3.09 bits per heavy atom. The van der Waals surface area contributed by atoms with Gasteiger partial charge < -0.3 is 4.57 Å². The molecular weight excluding hydrogens is 251 g/mol. The van der Waals surface area contributed by atoms with Crippen LogP contribution in [0.2, 0.25) is 0 Å². The minimum atomic E-state index is 1.19. The minimum Gasteiger partial charge on any atom is -0.338 e. The highest BCUT2D eigenvalue weighted by Crippen LogP contribution is 2.17. The van der Waals surface area contributed by atoms with Crippen LogP contribution in [0.15, 0.2) is 24.5 Å². The summed E-state index contributed by atoms with van der Waals surface area (Å²) in [5.41, 5.74) is 1.19. The van der Waals surface area contributed by atoms with Crippen LogP contribution in [0.25, 0.3) is 10.9 Å². The molecule has 0 radical (unpaired) electrons. The van der Waals surface area contributed by atoms with Crippen LogP contribution in [0.4, 0.5) is 0 Å². The van der Waals surface area contributed by atoms with Crippen molar-refractivity contribution in [3.05, 3.63) is 28.2 Å². The van der Waals surface area contributed by atoms with Crippen LogP contribution >= 0.6 is 22.6 Å². The standard InChI is InChI=1S/C8H7IN2/c1-11-7-5-10-3-2-6(7)4-8(11)9/h2-5H,1H3. The fraction of sp³-hybridized carbons (Fsp3) is 0.125. The van der Waals surface area contributed by atoms with Crippen LogP contribution in [-0.2, 0) is 7.05 Å². The molecule has 2 rings (SSSR count). The second kappa shape index (κ2) is 2.48. The van der Waals surface area contributed by atoms with E-state index >= 15 is 0 Å². The summed E-state index contributed by atoms with van der Waals surface area (Å²) in [7, 11) is 2.05. The van der Waals surface area contributed by atoms with Crippen molar-refractivity contribution in [2.24, 2.45) is 7.05 Å². The van der Waals surface area contributed by atoms with Crippen molar-refractivity contribution in [2.45, 2.75) is 0 Å². The Labute approximate surface area is 78.4 Å². The third-order valence-corrected chi connectivity index (χ3v) is 2.82. The van der Waals surface area contributed by atoms with Crippen LogP contribution in [0.3, 0.4) is 0 Å². The summed E-state index contributed by atoms with van der Waals surface area (Å²) in [6.07, 6.45) is 3.70. The molecule has 0 saturated carbocycles. The Balaban J connectivity index is 2.92. The Hall–Kier alpha value is -0.580. The molecule has 0 N–H and O–H groups in total. The third-order valence-electron chi connectivity index (χ3n) is 1.79. The average Bonchev–Trinajstić information content (AvgIpc) is 2.30. The van der Waals surface area contributed by atoms with Gasteiger partial charge in [0.25, 0.3) is 0 Å². The van der Waals surface area contributed by atoms with E-state index in [1.165, 1.54) is 14.6 Å². The van der Waals surface area contributed by atoms with E-state index < -0.39 is 0 Å². The first-order chi connectivity index (χ1) is 5.29. The maximum atomic E-state index is 4.06. The summed E-state index contributed by atoms with van der Waals surface area (Å²) in [6.45, 7) is 0. The fourth-order valence-corrected chi connectivity index (χ4v) is 1.73. The van der Waals surface area contributed by atoms with Crippen LogP contribution in [0.5, 0.6) is 0 Å². The highest BCUT2D eigenvalue weighted by atomic mass is 127. The molecular formula is C8H7IN2. The number of rotatable bonds is 0. The van der Waals surface area contributed by atoms with Crippen LogP contribution in [-0.4, -0.2) is 9.55 Å². The number of aryl methyl sites for hydroxylation is 1. The highest BCUT2D eigenvalue weighted by Gasteiger charge is 2.00. The van der Waals surface area contributed by atoms with Gasteiger partial charge in [-0.3, -0.25) is 4.98 Å². The molecule has 0 saturated heterocycles. The van der Waals surface area contributed by atoms with Gasteiger partial charge in [-0.15, -0.1) is 0 Å². The lowest BCUT2D eigenvalue weighted by molar-refractivity contribution is 0.934. The molecule has 2 aromatic heterocycles. The molecule has 0 atom stereocenters. The van der Waals surface area contributed by atoms with Gasteiger partial charge in [0, 0.05) is 18.6 Å². The summed E-state index contributed by atoms with van der Waals surface area (Å²) in [5.74, 6) is 0. The summed E-state index contributed by atoms with van der Waals surface area (Å²) >= 11 is 2.31. The maximum Gasteiger partial charge on any atom is 0.0807 e. The fourth-order valence-electron chi connectivity index (χ4n) is 1.14. The van der Waals surface area contributed by atoms with Gasteiger partial charge in [-0.1, -0.05) is 0 Å². The first-order valence-corrected chi connectivity index (χ1v) is 4.42. The quantitative estimate of drug-likeness (QED) is 0.662. The third kappa shape index (κ3) is 1.03. The SMILES string of the molecule is Cn1c(I)cc2ccncc21. The van der Waals surface area contributed by atoms with Gasteiger partial charge in [-0.2, -0.15) is 0 Å². The van der Waals surface area contributed by atoms with E-state index in [0.29, 0.717) is 0 Å². The molecule has 0 fully saturated rings. The second-order valence-electron chi connectivity index (χ2n) is 2.46. The van der Waals surface area contributed by atoms with Crippen molar-refractivity contribution >= 4 is 33.5 Å². The predicted molar refractivity (Wildman–Crippen MR) is 53.4 cm³/mol. The average molecular weight is 258 g/mol. The van der Waals surface area contributed by atoms with Gasteiger partial charge in [0.1, 0.15) is 0 Å². The number of aromatic nitrogens is 2. The van der Waals surface area contributed by atoms with Crippen LogP contribution in [0, 0.1) is 3.70 Å². The van der Waals surface area contributed by atoms with Crippen molar-refractivity contribution in [3.63, 3.8) is 0 Å². The summed E-state index contributed by atoms with van der Waals surface area (Å²) in [5, 5.41) is 1.26. The predicted octanol–water partition coefficient (Wildman–Crippen LogP) is 2.18. The number of nitrogens with zero attached hydrogens (tertiary/aromatic N) is 2. The van der Waals surface area contributed by atoms with Gasteiger partial charge in [0.2, 0.25) is 0 Å². The van der Waals surface area contributed by atoms with Crippen molar-refractivity contribution in [2.75, 3.05) is 0 Å². The number of halogens is 1. The lowest BCUT2D eigenvalue weighted by Crippen LogP contribution is -1.88. The second-order valence-corrected chi connectivity index (χ2v) is 3.57. The lowest BCUT2D eigenvalue weighted by atomic mass is 10.3. The van der Waals surface area contributed by atoms with Crippen LogP contribution in [0.1, 0.15) is 0 Å². The van der Waals surface area contributed by atoms with Gasteiger partial charge in [-0.05, 0) is 34.7 Å². The van der Waals surface area contributed by atoms with Gasteiger partial charge in [-0.25, -0.2) is 0 Å². The van der Waals surface area contributed by atoms with E-state index in [4.69, 9.17) is 0 Å². The Morgan fingerprint density at radius 2 is 2.36 bits per heavy atom. The van der Waals surface area contributed by atoms with Crippen molar-refractivity contribution in [1.82, 2.24) is 9.55 Å². The van der Waals surface area contributed by atoms with Crippen molar-refractivity contribution in [3.8, 4) is 0 Å². The molecule has 11 heavy (non-hydrogen) atoms. The molecule has 0 aliphatic rings. The number of hydrogen-bond acceptors (Lipinski definition) is 1. The molecule has 0 aliphatic heterocycles. The number of pyridine rings is 1. The Bertz CT molecular complexity index is 392. The lowest BCUT2D eigenvalue weighted by Gasteiger charge is -1.94. The van der Waals surface area contributed by atoms with E-state index in [0.717, 1.165) is 0 Å². The molecule has 0 amide bonds. The molecule has 0 spiro atoms. The number of fused-ring (bicyclic) bond motifs is 1.